The van der Waals surface area contributed by atoms with E-state index in [1.54, 1.807) is 6.92 Å². The average molecular weight is 339 g/mol. The summed E-state index contributed by atoms with van der Waals surface area (Å²) in [6.45, 7) is 3.84. The molecule has 4 heteroatoms. The van der Waals surface area contributed by atoms with Crippen LogP contribution in [0.4, 0.5) is 0 Å². The average Bonchev–Trinajstić information content (AvgIpc) is 3.06. The molecule has 1 aromatic rings. The Morgan fingerprint density at radius 2 is 1.80 bits per heavy atom. The van der Waals surface area contributed by atoms with E-state index in [0.29, 0.717) is 12.0 Å². The molecule has 0 aromatic heterocycles. The van der Waals surface area contributed by atoms with Crippen LogP contribution in [-0.4, -0.2) is 36.3 Å². The topological polar surface area (TPSA) is 46.6 Å². The van der Waals surface area contributed by atoms with E-state index >= 15 is 0 Å². The molecule has 2 aliphatic rings. The Balaban J connectivity index is 1.97. The number of allylic oxidation sites excluding steroid dienone is 1. The van der Waals surface area contributed by atoms with Crippen LogP contribution in [0.15, 0.2) is 47.2 Å². The van der Waals surface area contributed by atoms with Crippen LogP contribution in [0, 0.1) is 0 Å². The maximum atomic E-state index is 12.6. The Kier molecular flexibility index (Phi) is 5.69. The third kappa shape index (κ3) is 4.01. The number of hydrogen-bond acceptors (Lipinski definition) is 4. The monoisotopic (exact) mass is 339 g/mol. The van der Waals surface area contributed by atoms with Crippen molar-refractivity contribution < 1.29 is 14.3 Å². The lowest BCUT2D eigenvalue weighted by molar-refractivity contribution is -0.151. The van der Waals surface area contributed by atoms with Crippen molar-refractivity contribution in [2.75, 3.05) is 19.7 Å². The summed E-state index contributed by atoms with van der Waals surface area (Å²) < 4.78 is 4.94. The summed E-state index contributed by atoms with van der Waals surface area (Å²) in [4.78, 5) is 26.9. The zero-order chi connectivity index (χ0) is 17.6. The van der Waals surface area contributed by atoms with Gasteiger partial charge < -0.3 is 9.64 Å². The predicted molar refractivity (Wildman–Crippen MR) is 97.7 cm³/mol. The summed E-state index contributed by atoms with van der Waals surface area (Å²) in [5.41, 5.74) is 3.88. The van der Waals surface area contributed by atoms with Crippen LogP contribution in [0.1, 0.15) is 44.6 Å². The van der Waals surface area contributed by atoms with Gasteiger partial charge >= 0.3 is 5.97 Å². The van der Waals surface area contributed by atoms with Crippen LogP contribution in [0.2, 0.25) is 0 Å². The maximum absolute atomic E-state index is 12.6. The minimum atomic E-state index is -0.729. The van der Waals surface area contributed by atoms with E-state index < -0.39 is 11.8 Å². The Morgan fingerprint density at radius 3 is 2.48 bits per heavy atom. The molecule has 3 rings (SSSR count). The first-order chi connectivity index (χ1) is 12.2. The molecule has 1 fully saturated rings. The Hall–Kier alpha value is -2.36. The quantitative estimate of drug-likeness (QED) is 0.606. The number of likely N-dealkylation sites (tertiary alicyclic amines) is 1. The Morgan fingerprint density at radius 1 is 1.08 bits per heavy atom. The van der Waals surface area contributed by atoms with Crippen LogP contribution in [0.3, 0.4) is 0 Å². The highest BCUT2D eigenvalue weighted by Gasteiger charge is 2.32. The van der Waals surface area contributed by atoms with Crippen molar-refractivity contribution in [1.82, 2.24) is 4.90 Å². The van der Waals surface area contributed by atoms with Crippen molar-refractivity contribution in [2.24, 2.45) is 0 Å². The number of ether oxygens (including phenoxy) is 1. The summed E-state index contributed by atoms with van der Waals surface area (Å²) in [6, 6.07) is 10.1. The molecule has 0 N–H and O–H groups in total. The van der Waals surface area contributed by atoms with Crippen LogP contribution >= 0.6 is 0 Å². The van der Waals surface area contributed by atoms with Crippen molar-refractivity contribution in [3.63, 3.8) is 0 Å². The van der Waals surface area contributed by atoms with Crippen LogP contribution in [0.5, 0.6) is 0 Å². The summed E-state index contributed by atoms with van der Waals surface area (Å²) in [7, 11) is 0. The first-order valence-electron chi connectivity index (χ1n) is 9.16. The molecule has 0 spiro atoms. The van der Waals surface area contributed by atoms with Crippen LogP contribution in [-0.2, 0) is 14.3 Å². The highest BCUT2D eigenvalue weighted by molar-refractivity contribution is 6.40. The van der Waals surface area contributed by atoms with Gasteiger partial charge in [0.05, 0.1) is 6.61 Å². The molecule has 25 heavy (non-hydrogen) atoms. The molecule has 0 bridgehead atoms. The zero-order valence-corrected chi connectivity index (χ0v) is 14.8. The molecule has 0 atom stereocenters. The Labute approximate surface area is 149 Å². The van der Waals surface area contributed by atoms with Crippen molar-refractivity contribution in [1.29, 1.82) is 0 Å². The zero-order valence-electron chi connectivity index (χ0n) is 14.8. The van der Waals surface area contributed by atoms with Gasteiger partial charge in [-0.25, -0.2) is 4.79 Å². The maximum Gasteiger partial charge on any atom is 0.379 e. The van der Waals surface area contributed by atoms with E-state index in [9.17, 15) is 9.59 Å². The molecule has 0 unspecified atom stereocenters. The molecule has 0 amide bonds. The molecule has 1 aliphatic carbocycles. The molecule has 1 heterocycles. The number of benzene rings is 1. The van der Waals surface area contributed by atoms with Gasteiger partial charge in [-0.1, -0.05) is 30.3 Å². The number of piperidine rings is 1. The predicted octanol–water partition coefficient (Wildman–Crippen LogP) is 3.74. The fraction of sp³-hybridized carbons (Fsp3) is 0.429. The third-order valence-corrected chi connectivity index (χ3v) is 4.78. The third-order valence-electron chi connectivity index (χ3n) is 4.78. The van der Waals surface area contributed by atoms with Gasteiger partial charge in [0.25, 0.3) is 5.78 Å². The van der Waals surface area contributed by atoms with Crippen LogP contribution in [0.25, 0.3) is 6.08 Å². The van der Waals surface area contributed by atoms with Gasteiger partial charge in [0.1, 0.15) is 0 Å². The van der Waals surface area contributed by atoms with E-state index in [1.165, 1.54) is 6.42 Å². The summed E-state index contributed by atoms with van der Waals surface area (Å²) in [5, 5.41) is 0. The minimum Gasteiger partial charge on any atom is -0.460 e. The number of rotatable bonds is 5. The van der Waals surface area contributed by atoms with E-state index in [-0.39, 0.29) is 6.61 Å². The van der Waals surface area contributed by atoms with Gasteiger partial charge in [-0.15, -0.1) is 0 Å². The van der Waals surface area contributed by atoms with Crippen molar-refractivity contribution in [2.45, 2.75) is 39.0 Å². The second-order valence-electron chi connectivity index (χ2n) is 6.50. The van der Waals surface area contributed by atoms with Crippen molar-refractivity contribution in [3.05, 3.63) is 52.7 Å². The normalized spacial score (nSPS) is 19.4. The van der Waals surface area contributed by atoms with E-state index in [0.717, 1.165) is 49.2 Å². The van der Waals surface area contributed by atoms with Crippen LogP contribution < -0.4 is 0 Å². The molecular weight excluding hydrogens is 314 g/mol. The van der Waals surface area contributed by atoms with E-state index in [1.807, 2.05) is 18.2 Å². The minimum absolute atomic E-state index is 0.226. The lowest BCUT2D eigenvalue weighted by atomic mass is 10.0. The van der Waals surface area contributed by atoms with Gasteiger partial charge in [-0.2, -0.15) is 0 Å². The number of carbonyl (C=O) groups excluding carboxylic acids is 2. The number of ketones is 1. The molecule has 1 saturated heterocycles. The lowest BCUT2D eigenvalue weighted by Gasteiger charge is -2.31. The molecule has 132 valence electrons. The highest BCUT2D eigenvalue weighted by Crippen LogP contribution is 2.37. The molecule has 1 aromatic carbocycles. The number of hydrogen-bond donors (Lipinski definition) is 0. The van der Waals surface area contributed by atoms with Gasteiger partial charge in [0, 0.05) is 24.4 Å². The van der Waals surface area contributed by atoms with E-state index in [2.05, 4.69) is 23.1 Å². The fourth-order valence-electron chi connectivity index (χ4n) is 3.63. The fourth-order valence-corrected chi connectivity index (χ4v) is 3.63. The standard InChI is InChI=1S/C21H25NO3/c1-2-25-21(24)20(23)18-12-11-17(15-16-9-5-3-6-10-16)19(18)22-13-7-4-8-14-22/h3,5-6,9-10,15H,2,4,7-8,11-14H2,1H3/b17-15-. The molecule has 0 saturated carbocycles. The van der Waals surface area contributed by atoms with Gasteiger partial charge in [0.2, 0.25) is 0 Å². The smallest absolute Gasteiger partial charge is 0.379 e. The van der Waals surface area contributed by atoms with Crippen molar-refractivity contribution in [3.8, 4) is 0 Å². The number of Topliss-reactive ketones (excluding diaryl/α,β-unsaturated/α-hetero) is 1. The first-order valence-corrected chi connectivity index (χ1v) is 9.16. The largest absolute Gasteiger partial charge is 0.460 e. The summed E-state index contributed by atoms with van der Waals surface area (Å²) in [6.07, 6.45) is 7.04. The number of esters is 1. The Bertz CT molecular complexity index is 697. The molecular formula is C21H25NO3. The second-order valence-corrected chi connectivity index (χ2v) is 6.50. The summed E-state index contributed by atoms with van der Waals surface area (Å²) in [5.74, 6) is -1.20. The second kappa shape index (κ2) is 8.15. The number of carbonyl (C=O) groups is 2. The lowest BCUT2D eigenvalue weighted by Crippen LogP contribution is -2.31. The molecule has 0 radical (unpaired) electrons. The first kappa shape index (κ1) is 17.5. The SMILES string of the molecule is CCOC(=O)C(=O)C1=C(N2CCCCC2)/C(=C\c2ccccc2)CC1. The van der Waals surface area contributed by atoms with Gasteiger partial charge in [-0.3, -0.25) is 4.79 Å². The molecule has 4 nitrogen and oxygen atoms in total. The van der Waals surface area contributed by atoms with E-state index in [4.69, 9.17) is 4.74 Å². The highest BCUT2D eigenvalue weighted by atomic mass is 16.5. The van der Waals surface area contributed by atoms with Gasteiger partial charge in [-0.05, 0) is 56.2 Å². The molecule has 1 aliphatic heterocycles. The number of nitrogens with zero attached hydrogens (tertiary/aromatic N) is 1. The summed E-state index contributed by atoms with van der Waals surface area (Å²) >= 11 is 0. The van der Waals surface area contributed by atoms with Gasteiger partial charge in [0.15, 0.2) is 0 Å². The van der Waals surface area contributed by atoms with Crippen molar-refractivity contribution >= 4 is 17.8 Å².